The fourth-order valence-electron chi connectivity index (χ4n) is 1.37. The van der Waals surface area contributed by atoms with Crippen LogP contribution in [0.3, 0.4) is 0 Å². The second-order valence-electron chi connectivity index (χ2n) is 3.34. The Morgan fingerprint density at radius 2 is 2.00 bits per heavy atom. The SMILES string of the molecule is Cc1nn([C@H](CC(=O)[O-])C(=O)[O-])c(C)c1I. The summed E-state index contributed by atoms with van der Waals surface area (Å²) in [5.74, 6) is -2.93. The van der Waals surface area contributed by atoms with Crippen LogP contribution in [0.4, 0.5) is 0 Å². The van der Waals surface area contributed by atoms with Crippen LogP contribution in [0.25, 0.3) is 0 Å². The van der Waals surface area contributed by atoms with Crippen LogP contribution in [0, 0.1) is 17.4 Å². The van der Waals surface area contributed by atoms with Crippen molar-refractivity contribution in [3.05, 3.63) is 15.0 Å². The Bertz CT molecular complexity index is 441. The summed E-state index contributed by atoms with van der Waals surface area (Å²) in [5.41, 5.74) is 1.26. The first-order chi connectivity index (χ1) is 7.34. The van der Waals surface area contributed by atoms with Gasteiger partial charge in [0, 0.05) is 18.1 Å². The number of aromatic nitrogens is 2. The summed E-state index contributed by atoms with van der Waals surface area (Å²) in [4.78, 5) is 21.3. The van der Waals surface area contributed by atoms with Crippen molar-refractivity contribution in [2.75, 3.05) is 0 Å². The molecule has 1 rings (SSSR count). The second kappa shape index (κ2) is 4.81. The quantitative estimate of drug-likeness (QED) is 0.626. The molecule has 1 aromatic rings. The Hall–Kier alpha value is -1.12. The third kappa shape index (κ3) is 2.52. The third-order valence-corrected chi connectivity index (χ3v) is 3.73. The van der Waals surface area contributed by atoms with E-state index < -0.39 is 24.4 Å². The van der Waals surface area contributed by atoms with Gasteiger partial charge in [-0.3, -0.25) is 4.68 Å². The summed E-state index contributed by atoms with van der Waals surface area (Å²) in [7, 11) is 0. The standard InChI is InChI=1S/C9H11IN2O4/c1-4-8(10)5(2)12(11-4)6(9(15)16)3-7(13)14/h6H,3H2,1-2H3,(H,13,14)(H,15,16)/p-2/t6-/m1/s1. The van der Waals surface area contributed by atoms with Crippen molar-refractivity contribution in [1.29, 1.82) is 0 Å². The number of aliphatic carboxylic acids is 2. The predicted molar refractivity (Wildman–Crippen MR) is 58.1 cm³/mol. The van der Waals surface area contributed by atoms with E-state index >= 15 is 0 Å². The van der Waals surface area contributed by atoms with Gasteiger partial charge in [-0.1, -0.05) is 0 Å². The van der Waals surface area contributed by atoms with Crippen LogP contribution < -0.4 is 10.2 Å². The zero-order valence-corrected chi connectivity index (χ0v) is 10.8. The first kappa shape index (κ1) is 12.9. The van der Waals surface area contributed by atoms with E-state index in [0.29, 0.717) is 11.4 Å². The molecule has 1 heterocycles. The van der Waals surface area contributed by atoms with Crippen molar-refractivity contribution in [3.63, 3.8) is 0 Å². The molecule has 0 unspecified atom stereocenters. The fourth-order valence-corrected chi connectivity index (χ4v) is 1.73. The van der Waals surface area contributed by atoms with E-state index in [2.05, 4.69) is 5.10 Å². The molecule has 0 spiro atoms. The van der Waals surface area contributed by atoms with Crippen LogP contribution in [0.5, 0.6) is 0 Å². The highest BCUT2D eigenvalue weighted by Crippen LogP contribution is 2.20. The molecule has 0 amide bonds. The molecule has 0 aliphatic carbocycles. The maximum atomic E-state index is 10.8. The van der Waals surface area contributed by atoms with E-state index in [1.54, 1.807) is 13.8 Å². The summed E-state index contributed by atoms with van der Waals surface area (Å²) in [6.45, 7) is 3.39. The maximum absolute atomic E-state index is 10.8. The number of halogens is 1. The molecule has 0 saturated heterocycles. The summed E-state index contributed by atoms with van der Waals surface area (Å²) in [6, 6.07) is -1.33. The molecular weight excluding hydrogens is 327 g/mol. The molecule has 88 valence electrons. The van der Waals surface area contributed by atoms with Crippen LogP contribution >= 0.6 is 22.6 Å². The van der Waals surface area contributed by atoms with Gasteiger partial charge in [-0.2, -0.15) is 5.10 Å². The lowest BCUT2D eigenvalue weighted by Crippen LogP contribution is -2.38. The molecular formula is C9H9IN2O4-2. The van der Waals surface area contributed by atoms with E-state index in [9.17, 15) is 19.8 Å². The van der Waals surface area contributed by atoms with Crippen molar-refractivity contribution in [1.82, 2.24) is 9.78 Å². The minimum atomic E-state index is -1.48. The van der Waals surface area contributed by atoms with Gasteiger partial charge in [0.1, 0.15) is 0 Å². The van der Waals surface area contributed by atoms with Gasteiger partial charge in [0.25, 0.3) is 0 Å². The Labute approximate surface area is 105 Å². The molecule has 1 aromatic heterocycles. The Balaban J connectivity index is 3.16. The van der Waals surface area contributed by atoms with Gasteiger partial charge in [0.15, 0.2) is 0 Å². The highest BCUT2D eigenvalue weighted by Gasteiger charge is 2.18. The zero-order chi connectivity index (χ0) is 12.5. The largest absolute Gasteiger partial charge is 0.550 e. The fraction of sp³-hybridized carbons (Fsp3) is 0.444. The number of carbonyl (C=O) groups excluding carboxylic acids is 2. The van der Waals surface area contributed by atoms with Crippen LogP contribution in [0.15, 0.2) is 0 Å². The smallest absolute Gasteiger partial charge is 0.0967 e. The first-order valence-electron chi connectivity index (χ1n) is 4.46. The van der Waals surface area contributed by atoms with E-state index in [0.717, 1.165) is 8.25 Å². The highest BCUT2D eigenvalue weighted by atomic mass is 127. The molecule has 0 N–H and O–H groups in total. The Morgan fingerprint density at radius 3 is 2.31 bits per heavy atom. The lowest BCUT2D eigenvalue weighted by molar-refractivity contribution is -0.319. The lowest BCUT2D eigenvalue weighted by Gasteiger charge is -2.20. The normalized spacial score (nSPS) is 12.4. The van der Waals surface area contributed by atoms with Gasteiger partial charge in [-0.25, -0.2) is 0 Å². The molecule has 0 radical (unpaired) electrons. The molecule has 0 saturated carbocycles. The molecule has 16 heavy (non-hydrogen) atoms. The monoisotopic (exact) mass is 336 g/mol. The van der Waals surface area contributed by atoms with Crippen molar-refractivity contribution in [2.45, 2.75) is 26.3 Å². The van der Waals surface area contributed by atoms with Crippen molar-refractivity contribution >= 4 is 34.5 Å². The third-order valence-electron chi connectivity index (χ3n) is 2.16. The van der Waals surface area contributed by atoms with Crippen LogP contribution in [0.2, 0.25) is 0 Å². The lowest BCUT2D eigenvalue weighted by atomic mass is 10.2. The maximum Gasteiger partial charge on any atom is 0.0967 e. The number of rotatable bonds is 4. The van der Waals surface area contributed by atoms with E-state index in [4.69, 9.17) is 0 Å². The van der Waals surface area contributed by atoms with Gasteiger partial charge < -0.3 is 19.8 Å². The van der Waals surface area contributed by atoms with Crippen molar-refractivity contribution < 1.29 is 19.8 Å². The molecule has 6 nitrogen and oxygen atoms in total. The molecule has 0 bridgehead atoms. The van der Waals surface area contributed by atoms with Gasteiger partial charge >= 0.3 is 0 Å². The molecule has 0 aromatic carbocycles. The molecule has 7 heteroatoms. The predicted octanol–water partition coefficient (Wildman–Crippen LogP) is -1.46. The average Bonchev–Trinajstić information content (AvgIpc) is 2.42. The topological polar surface area (TPSA) is 98.1 Å². The number of hydrogen-bond acceptors (Lipinski definition) is 5. The first-order valence-corrected chi connectivity index (χ1v) is 5.54. The summed E-state index contributed by atoms with van der Waals surface area (Å²) >= 11 is 2.02. The number of hydrogen-bond donors (Lipinski definition) is 0. The zero-order valence-electron chi connectivity index (χ0n) is 8.69. The number of carboxylic acids is 2. The van der Waals surface area contributed by atoms with E-state index in [1.807, 2.05) is 22.6 Å². The van der Waals surface area contributed by atoms with E-state index in [-0.39, 0.29) is 0 Å². The summed E-state index contributed by atoms with van der Waals surface area (Å²) in [6.07, 6.45) is -0.652. The van der Waals surface area contributed by atoms with Crippen molar-refractivity contribution in [3.8, 4) is 0 Å². The number of carbonyl (C=O) groups is 2. The van der Waals surface area contributed by atoms with E-state index in [1.165, 1.54) is 0 Å². The highest BCUT2D eigenvalue weighted by molar-refractivity contribution is 14.1. The number of carboxylic acid groups (broad SMARTS) is 2. The van der Waals surface area contributed by atoms with Crippen LogP contribution in [-0.2, 0) is 9.59 Å². The van der Waals surface area contributed by atoms with Gasteiger partial charge in [0.05, 0.1) is 21.3 Å². The Kier molecular flexibility index (Phi) is 3.89. The van der Waals surface area contributed by atoms with Crippen LogP contribution in [-0.4, -0.2) is 21.7 Å². The molecule has 0 fully saturated rings. The number of nitrogens with zero attached hydrogens (tertiary/aromatic N) is 2. The minimum absolute atomic E-state index is 0.605. The Morgan fingerprint density at radius 1 is 1.44 bits per heavy atom. The molecule has 0 aliphatic rings. The molecule has 1 atom stereocenters. The number of aryl methyl sites for hydroxylation is 1. The minimum Gasteiger partial charge on any atom is -0.550 e. The van der Waals surface area contributed by atoms with Gasteiger partial charge in [-0.05, 0) is 36.4 Å². The summed E-state index contributed by atoms with van der Waals surface area (Å²) < 4.78 is 1.96. The average molecular weight is 336 g/mol. The van der Waals surface area contributed by atoms with Crippen molar-refractivity contribution in [2.24, 2.45) is 0 Å². The molecule has 0 aliphatic heterocycles. The van der Waals surface area contributed by atoms with Gasteiger partial charge in [0.2, 0.25) is 0 Å². The second-order valence-corrected chi connectivity index (χ2v) is 4.42. The van der Waals surface area contributed by atoms with Gasteiger partial charge in [-0.15, -0.1) is 0 Å². The van der Waals surface area contributed by atoms with Crippen LogP contribution in [0.1, 0.15) is 23.9 Å². The summed E-state index contributed by atoms with van der Waals surface area (Å²) in [5, 5.41) is 25.3.